The van der Waals surface area contributed by atoms with Gasteiger partial charge in [-0.3, -0.25) is 14.4 Å². The van der Waals surface area contributed by atoms with Gasteiger partial charge >= 0.3 is 5.97 Å². The first-order valence-electron chi connectivity index (χ1n) is 12.9. The van der Waals surface area contributed by atoms with Gasteiger partial charge in [0.05, 0.1) is 11.5 Å². The van der Waals surface area contributed by atoms with Crippen LogP contribution in [0.1, 0.15) is 58.3 Å². The van der Waals surface area contributed by atoms with Crippen molar-refractivity contribution in [1.29, 1.82) is 0 Å². The fourth-order valence-corrected chi connectivity index (χ4v) is 6.90. The highest BCUT2D eigenvalue weighted by molar-refractivity contribution is 5.99. The predicted molar refractivity (Wildman–Crippen MR) is 123 cm³/mol. The maximum atomic E-state index is 14.2. The van der Waals surface area contributed by atoms with Gasteiger partial charge in [0.25, 0.3) is 0 Å². The van der Waals surface area contributed by atoms with Crippen LogP contribution >= 0.6 is 0 Å². The third kappa shape index (κ3) is 3.61. The largest absolute Gasteiger partial charge is 0.461 e. The quantitative estimate of drug-likeness (QED) is 0.361. The third-order valence-corrected chi connectivity index (χ3v) is 8.42. The molecular formula is C26H36N2O6. The van der Waals surface area contributed by atoms with Gasteiger partial charge in [-0.05, 0) is 45.1 Å². The van der Waals surface area contributed by atoms with E-state index in [0.717, 1.165) is 32.1 Å². The zero-order chi connectivity index (χ0) is 23.9. The maximum Gasteiger partial charge on any atom is 0.313 e. The number of amides is 2. The van der Waals surface area contributed by atoms with E-state index in [0.29, 0.717) is 25.9 Å². The molecule has 0 aromatic rings. The molecule has 34 heavy (non-hydrogen) atoms. The summed E-state index contributed by atoms with van der Waals surface area (Å²) in [7, 11) is 0. The van der Waals surface area contributed by atoms with Crippen molar-refractivity contribution in [2.75, 3.05) is 26.3 Å². The van der Waals surface area contributed by atoms with Crippen molar-refractivity contribution in [3.05, 3.63) is 24.3 Å². The lowest BCUT2D eigenvalue weighted by Crippen LogP contribution is -2.57. The molecule has 1 saturated carbocycles. The standard InChI is InChI=1S/C26H36N2O6/c1-25-12-9-17-33-24(32)20(25)19-22(30)28(14-6-3-7-16-29)21-23(31)27(18-10-4-2-5-11-18)15-8-13-26(19,21)34-25/h8-9,12-13,18-21,29H,2-7,10-11,14-17H2,1H3/t19-,20-,21?,25+,26-/m0/s1. The number of rotatable bonds is 6. The summed E-state index contributed by atoms with van der Waals surface area (Å²) in [5.74, 6) is -2.34. The first-order chi connectivity index (χ1) is 16.4. The molecule has 2 amide bonds. The molecule has 4 heterocycles. The number of hydrogen-bond donors (Lipinski definition) is 1. The van der Waals surface area contributed by atoms with Crippen molar-refractivity contribution in [3.63, 3.8) is 0 Å². The van der Waals surface area contributed by atoms with Crippen molar-refractivity contribution >= 4 is 17.8 Å². The molecule has 186 valence electrons. The Morgan fingerprint density at radius 3 is 2.56 bits per heavy atom. The maximum absolute atomic E-state index is 14.2. The third-order valence-electron chi connectivity index (χ3n) is 8.42. The molecule has 5 atom stereocenters. The Kier molecular flexibility index (Phi) is 6.31. The van der Waals surface area contributed by atoms with E-state index in [1.807, 2.05) is 30.1 Å². The monoisotopic (exact) mass is 472 g/mol. The summed E-state index contributed by atoms with van der Waals surface area (Å²) in [6, 6.07) is -0.636. The van der Waals surface area contributed by atoms with Crippen molar-refractivity contribution in [1.82, 2.24) is 9.80 Å². The fraction of sp³-hybridized carbons (Fsp3) is 0.731. The summed E-state index contributed by atoms with van der Waals surface area (Å²) >= 11 is 0. The Morgan fingerprint density at radius 1 is 1.00 bits per heavy atom. The van der Waals surface area contributed by atoms with E-state index in [2.05, 4.69) is 0 Å². The van der Waals surface area contributed by atoms with Gasteiger partial charge in [0.2, 0.25) is 11.8 Å². The number of esters is 1. The summed E-state index contributed by atoms with van der Waals surface area (Å²) < 4.78 is 12.1. The molecule has 3 fully saturated rings. The van der Waals surface area contributed by atoms with Crippen LogP contribution in [-0.4, -0.2) is 82.3 Å². The number of ether oxygens (including phenoxy) is 2. The van der Waals surface area contributed by atoms with Gasteiger partial charge in [0, 0.05) is 25.7 Å². The lowest BCUT2D eigenvalue weighted by Gasteiger charge is -2.40. The number of unbranched alkanes of at least 4 members (excludes halogenated alkanes) is 2. The second-order valence-corrected chi connectivity index (χ2v) is 10.5. The molecule has 8 heteroatoms. The number of nitrogens with zero attached hydrogens (tertiary/aromatic N) is 2. The van der Waals surface area contributed by atoms with Crippen LogP contribution in [0.25, 0.3) is 0 Å². The minimum absolute atomic E-state index is 0.0766. The van der Waals surface area contributed by atoms with Crippen molar-refractivity contribution in [2.45, 2.75) is 81.6 Å². The smallest absolute Gasteiger partial charge is 0.313 e. The van der Waals surface area contributed by atoms with Crippen LogP contribution < -0.4 is 0 Å². The molecule has 0 aromatic carbocycles. The molecule has 1 unspecified atom stereocenters. The molecule has 0 radical (unpaired) electrons. The van der Waals surface area contributed by atoms with Crippen LogP contribution in [0.15, 0.2) is 24.3 Å². The molecule has 0 aromatic heterocycles. The fourth-order valence-electron chi connectivity index (χ4n) is 6.90. The molecule has 2 saturated heterocycles. The molecule has 1 spiro atoms. The Morgan fingerprint density at radius 2 is 1.79 bits per heavy atom. The zero-order valence-corrected chi connectivity index (χ0v) is 20.0. The van der Waals surface area contributed by atoms with E-state index in [-0.39, 0.29) is 31.1 Å². The Balaban J connectivity index is 1.55. The number of cyclic esters (lactones) is 1. The number of carbonyl (C=O) groups excluding carboxylic acids is 3. The lowest BCUT2D eigenvalue weighted by molar-refractivity contribution is -0.158. The summed E-state index contributed by atoms with van der Waals surface area (Å²) in [5, 5.41) is 9.17. The second-order valence-electron chi connectivity index (χ2n) is 10.5. The Labute approximate surface area is 200 Å². The zero-order valence-electron chi connectivity index (χ0n) is 20.0. The van der Waals surface area contributed by atoms with Crippen molar-refractivity contribution in [2.24, 2.45) is 11.8 Å². The van der Waals surface area contributed by atoms with Gasteiger partial charge in [-0.25, -0.2) is 0 Å². The number of likely N-dealkylation sites (tertiary alicyclic amines) is 1. The van der Waals surface area contributed by atoms with E-state index in [9.17, 15) is 19.5 Å². The van der Waals surface area contributed by atoms with Gasteiger partial charge in [-0.1, -0.05) is 37.5 Å². The summed E-state index contributed by atoms with van der Waals surface area (Å²) in [5.41, 5.74) is -2.21. The Bertz CT molecular complexity index is 896. The first kappa shape index (κ1) is 23.5. The van der Waals surface area contributed by atoms with E-state index in [4.69, 9.17) is 9.47 Å². The minimum atomic E-state index is -1.20. The Hall–Kier alpha value is -2.19. The molecule has 8 nitrogen and oxygen atoms in total. The van der Waals surface area contributed by atoms with E-state index < -0.39 is 35.0 Å². The molecular weight excluding hydrogens is 436 g/mol. The molecule has 5 aliphatic rings. The molecule has 5 rings (SSSR count). The summed E-state index contributed by atoms with van der Waals surface area (Å²) in [4.78, 5) is 44.9. The highest BCUT2D eigenvalue weighted by Crippen LogP contribution is 2.57. The highest BCUT2D eigenvalue weighted by atomic mass is 16.6. The van der Waals surface area contributed by atoms with Gasteiger partial charge in [-0.15, -0.1) is 0 Å². The second kappa shape index (κ2) is 9.11. The number of carbonyl (C=O) groups is 3. The molecule has 0 bridgehead atoms. The van der Waals surface area contributed by atoms with Crippen molar-refractivity contribution < 1.29 is 29.0 Å². The average molecular weight is 473 g/mol. The van der Waals surface area contributed by atoms with E-state index >= 15 is 0 Å². The van der Waals surface area contributed by atoms with Crippen LogP contribution in [0, 0.1) is 11.8 Å². The molecule has 4 aliphatic heterocycles. The predicted octanol–water partition coefficient (Wildman–Crippen LogP) is 1.96. The number of fused-ring (bicyclic) bond motifs is 2. The van der Waals surface area contributed by atoms with Crippen LogP contribution in [0.4, 0.5) is 0 Å². The lowest BCUT2D eigenvalue weighted by atomic mass is 9.74. The number of aliphatic hydroxyl groups excluding tert-OH is 1. The van der Waals surface area contributed by atoms with Crippen LogP contribution in [0.3, 0.4) is 0 Å². The average Bonchev–Trinajstić information content (AvgIpc) is 3.08. The SMILES string of the molecule is C[C@@]12C=CCOC(=O)[C@@H]1[C@H]1C(=O)N(CCCCCO)C3C(=O)N(C4CCCCC4)CC=C[C@@]31O2. The first-order valence-corrected chi connectivity index (χ1v) is 12.9. The van der Waals surface area contributed by atoms with Gasteiger partial charge in [0.1, 0.15) is 24.2 Å². The topological polar surface area (TPSA) is 96.4 Å². The minimum Gasteiger partial charge on any atom is -0.461 e. The van der Waals surface area contributed by atoms with Crippen LogP contribution in [0.2, 0.25) is 0 Å². The highest BCUT2D eigenvalue weighted by Gasteiger charge is 2.74. The van der Waals surface area contributed by atoms with Crippen LogP contribution in [-0.2, 0) is 23.9 Å². The van der Waals surface area contributed by atoms with E-state index in [1.165, 1.54) is 6.42 Å². The molecule has 1 N–H and O–H groups in total. The normalized spacial score (nSPS) is 37.8. The van der Waals surface area contributed by atoms with Gasteiger partial charge in [-0.2, -0.15) is 0 Å². The summed E-state index contributed by atoms with van der Waals surface area (Å²) in [6.07, 6.45) is 14.9. The molecule has 1 aliphatic carbocycles. The number of aliphatic hydroxyl groups is 1. The van der Waals surface area contributed by atoms with Crippen LogP contribution in [0.5, 0.6) is 0 Å². The van der Waals surface area contributed by atoms with E-state index in [1.54, 1.807) is 11.0 Å². The van der Waals surface area contributed by atoms with Crippen molar-refractivity contribution in [3.8, 4) is 0 Å². The van der Waals surface area contributed by atoms with Gasteiger partial charge < -0.3 is 24.4 Å². The summed E-state index contributed by atoms with van der Waals surface area (Å²) in [6.45, 7) is 2.97. The van der Waals surface area contributed by atoms with Gasteiger partial charge in [0.15, 0.2) is 0 Å². The number of hydrogen-bond acceptors (Lipinski definition) is 6.